The average Bonchev–Trinajstić information content (AvgIpc) is 2.78. The van der Waals surface area contributed by atoms with Crippen molar-refractivity contribution in [3.05, 3.63) is 95.6 Å². The van der Waals surface area contributed by atoms with Crippen LogP contribution in [0.25, 0.3) is 0 Å². The van der Waals surface area contributed by atoms with Crippen LogP contribution in [0.5, 0.6) is 5.75 Å². The molecule has 158 valence electrons. The average molecular weight is 417 g/mol. The number of benzene rings is 3. The number of hydrogen-bond donors (Lipinski definition) is 1. The lowest BCUT2D eigenvalue weighted by Crippen LogP contribution is -2.30. The highest BCUT2D eigenvalue weighted by Gasteiger charge is 2.21. The lowest BCUT2D eigenvalue weighted by molar-refractivity contribution is -0.123. The van der Waals surface area contributed by atoms with Crippen molar-refractivity contribution in [3.8, 4) is 5.75 Å². The zero-order valence-electron chi connectivity index (χ0n) is 17.3. The third-order valence-corrected chi connectivity index (χ3v) is 4.56. The van der Waals surface area contributed by atoms with Crippen molar-refractivity contribution >= 4 is 23.3 Å². The Morgan fingerprint density at radius 3 is 2.35 bits per heavy atom. The van der Waals surface area contributed by atoms with Crippen LogP contribution in [-0.4, -0.2) is 23.8 Å². The molecule has 0 aromatic heterocycles. The van der Waals surface area contributed by atoms with Gasteiger partial charge < -0.3 is 14.8 Å². The Labute approximate surface area is 180 Å². The smallest absolute Gasteiger partial charge is 0.339 e. The summed E-state index contributed by atoms with van der Waals surface area (Å²) >= 11 is 0. The molecular formula is C25H23NO5. The minimum Gasteiger partial charge on any atom is -0.489 e. The quantitative estimate of drug-likeness (QED) is 0.426. The number of hydrogen-bond acceptors (Lipinski definition) is 5. The first kappa shape index (κ1) is 21.8. The fourth-order valence-electron chi connectivity index (χ4n) is 2.86. The second kappa shape index (κ2) is 10.2. The van der Waals surface area contributed by atoms with Crippen LogP contribution in [0.1, 0.15) is 40.1 Å². The maximum atomic E-state index is 12.7. The summed E-state index contributed by atoms with van der Waals surface area (Å²) in [6.45, 7) is 3.13. The summed E-state index contributed by atoms with van der Waals surface area (Å²) in [7, 11) is 0. The van der Waals surface area contributed by atoms with Gasteiger partial charge in [0.1, 0.15) is 12.4 Å². The molecule has 0 aliphatic rings. The highest BCUT2D eigenvalue weighted by Crippen LogP contribution is 2.17. The van der Waals surface area contributed by atoms with Crippen LogP contribution in [0.15, 0.2) is 78.9 Å². The van der Waals surface area contributed by atoms with E-state index >= 15 is 0 Å². The van der Waals surface area contributed by atoms with Crippen molar-refractivity contribution in [1.29, 1.82) is 0 Å². The summed E-state index contributed by atoms with van der Waals surface area (Å²) < 4.78 is 11.1. The van der Waals surface area contributed by atoms with Crippen LogP contribution in [0.4, 0.5) is 5.69 Å². The van der Waals surface area contributed by atoms with Gasteiger partial charge in [-0.2, -0.15) is 0 Å². The second-order valence-electron chi connectivity index (χ2n) is 6.93. The molecule has 31 heavy (non-hydrogen) atoms. The Kier molecular flexibility index (Phi) is 7.17. The number of Topliss-reactive ketones (excluding diaryl/α,β-unsaturated/α-hetero) is 1. The summed E-state index contributed by atoms with van der Waals surface area (Å²) in [5.41, 5.74) is 1.92. The van der Waals surface area contributed by atoms with Gasteiger partial charge in [0.15, 0.2) is 11.9 Å². The number of amides is 1. The van der Waals surface area contributed by atoms with Crippen molar-refractivity contribution in [2.75, 3.05) is 5.32 Å². The highest BCUT2D eigenvalue weighted by molar-refractivity contribution is 5.99. The van der Waals surface area contributed by atoms with Crippen molar-refractivity contribution in [2.24, 2.45) is 0 Å². The van der Waals surface area contributed by atoms with E-state index in [0.717, 1.165) is 0 Å². The first-order valence-corrected chi connectivity index (χ1v) is 9.82. The molecule has 0 heterocycles. The number of rotatable bonds is 8. The van der Waals surface area contributed by atoms with Crippen molar-refractivity contribution in [3.63, 3.8) is 0 Å². The Morgan fingerprint density at radius 2 is 1.61 bits per heavy atom. The lowest BCUT2D eigenvalue weighted by atomic mass is 10.1. The Morgan fingerprint density at radius 1 is 0.903 bits per heavy atom. The number of ketones is 1. The SMILES string of the molecule is CC(=O)c1cccc(NC(=O)[C@@H](C)OC(=O)c2ccccc2COc2ccccc2)c1. The van der Waals surface area contributed by atoms with Gasteiger partial charge in [0.05, 0.1) is 5.56 Å². The number of carbonyl (C=O) groups is 3. The molecule has 6 nitrogen and oxygen atoms in total. The van der Waals surface area contributed by atoms with Gasteiger partial charge in [-0.3, -0.25) is 9.59 Å². The summed E-state index contributed by atoms with van der Waals surface area (Å²) in [6.07, 6.45) is -1.03. The molecule has 0 unspecified atom stereocenters. The fraction of sp³-hybridized carbons (Fsp3) is 0.160. The molecule has 0 bridgehead atoms. The van der Waals surface area contributed by atoms with E-state index in [1.807, 2.05) is 30.3 Å². The minimum absolute atomic E-state index is 0.107. The first-order chi connectivity index (χ1) is 14.9. The number of anilines is 1. The van der Waals surface area contributed by atoms with Gasteiger partial charge in [-0.1, -0.05) is 48.5 Å². The normalized spacial score (nSPS) is 11.3. The maximum Gasteiger partial charge on any atom is 0.339 e. The molecule has 0 aliphatic heterocycles. The molecular weight excluding hydrogens is 394 g/mol. The predicted molar refractivity (Wildman–Crippen MR) is 117 cm³/mol. The predicted octanol–water partition coefficient (Wildman–Crippen LogP) is 4.65. The fourth-order valence-corrected chi connectivity index (χ4v) is 2.86. The van der Waals surface area contributed by atoms with Gasteiger partial charge in [0, 0.05) is 16.8 Å². The largest absolute Gasteiger partial charge is 0.489 e. The van der Waals surface area contributed by atoms with E-state index < -0.39 is 18.0 Å². The van der Waals surface area contributed by atoms with Crippen LogP contribution in [0.3, 0.4) is 0 Å². The molecule has 3 rings (SSSR count). The van der Waals surface area contributed by atoms with Gasteiger partial charge >= 0.3 is 5.97 Å². The van der Waals surface area contributed by atoms with Gasteiger partial charge in [0.2, 0.25) is 0 Å². The Bertz CT molecular complexity index is 1080. The third kappa shape index (κ3) is 6.02. The van der Waals surface area contributed by atoms with Gasteiger partial charge in [0.25, 0.3) is 5.91 Å². The summed E-state index contributed by atoms with van der Waals surface area (Å²) in [6, 6.07) is 22.8. The highest BCUT2D eigenvalue weighted by atomic mass is 16.5. The zero-order chi connectivity index (χ0) is 22.2. The standard InChI is InChI=1S/C25H23NO5/c1-17(27)19-10-8-11-21(15-19)26-24(28)18(2)31-25(29)23-14-7-6-9-20(23)16-30-22-12-4-3-5-13-22/h3-15,18H,16H2,1-2H3,(H,26,28)/t18-/m1/s1. The lowest BCUT2D eigenvalue weighted by Gasteiger charge is -2.15. The molecule has 6 heteroatoms. The molecule has 0 saturated heterocycles. The molecule has 1 atom stereocenters. The van der Waals surface area contributed by atoms with Crippen LogP contribution in [0.2, 0.25) is 0 Å². The maximum absolute atomic E-state index is 12.7. The molecule has 3 aromatic rings. The number of para-hydroxylation sites is 1. The van der Waals surface area contributed by atoms with E-state index in [-0.39, 0.29) is 12.4 Å². The zero-order valence-corrected chi connectivity index (χ0v) is 17.3. The van der Waals surface area contributed by atoms with E-state index in [9.17, 15) is 14.4 Å². The summed E-state index contributed by atoms with van der Waals surface area (Å²) in [5, 5.41) is 2.66. The van der Waals surface area contributed by atoms with Crippen LogP contribution < -0.4 is 10.1 Å². The van der Waals surface area contributed by atoms with Crippen LogP contribution in [0, 0.1) is 0 Å². The van der Waals surface area contributed by atoms with Gasteiger partial charge in [-0.05, 0) is 44.2 Å². The van der Waals surface area contributed by atoms with Crippen molar-refractivity contribution < 1.29 is 23.9 Å². The number of nitrogens with one attached hydrogen (secondary N) is 1. The van der Waals surface area contributed by atoms with Crippen LogP contribution >= 0.6 is 0 Å². The van der Waals surface area contributed by atoms with E-state index in [1.165, 1.54) is 13.8 Å². The first-order valence-electron chi connectivity index (χ1n) is 9.82. The van der Waals surface area contributed by atoms with E-state index in [4.69, 9.17) is 9.47 Å². The number of ether oxygens (including phenoxy) is 2. The van der Waals surface area contributed by atoms with Gasteiger partial charge in [-0.15, -0.1) is 0 Å². The van der Waals surface area contributed by atoms with Crippen molar-refractivity contribution in [1.82, 2.24) is 0 Å². The van der Waals surface area contributed by atoms with Crippen LogP contribution in [-0.2, 0) is 16.1 Å². The molecule has 0 spiro atoms. The van der Waals surface area contributed by atoms with Gasteiger partial charge in [-0.25, -0.2) is 4.79 Å². The molecule has 3 aromatic carbocycles. The molecule has 0 fully saturated rings. The van der Waals surface area contributed by atoms with E-state index in [2.05, 4.69) is 5.32 Å². The Balaban J connectivity index is 1.63. The monoisotopic (exact) mass is 417 g/mol. The topological polar surface area (TPSA) is 81.7 Å². The molecule has 0 radical (unpaired) electrons. The van der Waals surface area contributed by atoms with Crippen molar-refractivity contribution in [2.45, 2.75) is 26.6 Å². The Hall–Kier alpha value is -3.93. The minimum atomic E-state index is -1.03. The summed E-state index contributed by atoms with van der Waals surface area (Å²) in [4.78, 5) is 36.6. The molecule has 1 N–H and O–H groups in total. The number of carbonyl (C=O) groups excluding carboxylic acids is 3. The summed E-state index contributed by atoms with van der Waals surface area (Å²) in [5.74, 6) is -0.532. The molecule has 0 saturated carbocycles. The second-order valence-corrected chi connectivity index (χ2v) is 6.93. The van der Waals surface area contributed by atoms with E-state index in [1.54, 1.807) is 48.5 Å². The molecule has 1 amide bonds. The third-order valence-electron chi connectivity index (χ3n) is 4.56. The number of esters is 1. The van der Waals surface area contributed by atoms with E-state index in [0.29, 0.717) is 28.1 Å². The molecule has 0 aliphatic carbocycles.